The molecule has 11 heteroatoms. The number of ether oxygens (including phenoxy) is 3. The van der Waals surface area contributed by atoms with Crippen LogP contribution in [0.25, 0.3) is 0 Å². The SMILES string of the molecule is [2H]C([2H])(Oc1cc(C2C[C@H](C(=O)NCc3cccc(C(=O)OCC)n3)N(C(C)=O)C2)ccc1OC(F)F)C1CC1. The number of halogens is 2. The Bertz CT molecular complexity index is 1260. The van der Waals surface area contributed by atoms with E-state index in [9.17, 15) is 23.2 Å². The number of nitrogens with zero attached hydrogens (tertiary/aromatic N) is 2. The molecule has 1 aliphatic heterocycles. The maximum atomic E-state index is 13.1. The van der Waals surface area contributed by atoms with Gasteiger partial charge < -0.3 is 24.4 Å². The number of esters is 1. The number of pyridine rings is 1. The first kappa shape index (κ1) is 24.6. The highest BCUT2D eigenvalue weighted by atomic mass is 19.3. The van der Waals surface area contributed by atoms with Gasteiger partial charge in [0.25, 0.3) is 0 Å². The van der Waals surface area contributed by atoms with Gasteiger partial charge in [0.15, 0.2) is 11.5 Å². The minimum absolute atomic E-state index is 0.0207. The van der Waals surface area contributed by atoms with Gasteiger partial charge in [0.1, 0.15) is 11.7 Å². The number of likely N-dealkylation sites (tertiary alicyclic amines) is 1. The van der Waals surface area contributed by atoms with Crippen LogP contribution in [-0.2, 0) is 20.9 Å². The van der Waals surface area contributed by atoms with Crippen molar-refractivity contribution in [3.8, 4) is 11.5 Å². The fraction of sp³-hybridized carbons (Fsp3) is 0.481. The first-order valence-corrected chi connectivity index (χ1v) is 12.4. The van der Waals surface area contributed by atoms with Crippen LogP contribution < -0.4 is 14.8 Å². The first-order valence-electron chi connectivity index (χ1n) is 13.4. The molecule has 4 rings (SSSR count). The third kappa shape index (κ3) is 6.96. The molecule has 1 aromatic heterocycles. The van der Waals surface area contributed by atoms with E-state index in [4.69, 9.17) is 12.2 Å². The summed E-state index contributed by atoms with van der Waals surface area (Å²) in [6.07, 6.45) is 1.51. The summed E-state index contributed by atoms with van der Waals surface area (Å²) in [6, 6.07) is 8.24. The molecule has 204 valence electrons. The lowest BCUT2D eigenvalue weighted by Crippen LogP contribution is -2.45. The van der Waals surface area contributed by atoms with Crippen LogP contribution in [0.2, 0.25) is 0 Å². The molecule has 2 aliphatic rings. The van der Waals surface area contributed by atoms with E-state index < -0.39 is 31.1 Å². The minimum Gasteiger partial charge on any atom is -0.489 e. The molecular formula is C27H31F2N3O6. The summed E-state index contributed by atoms with van der Waals surface area (Å²) in [5, 5.41) is 2.76. The van der Waals surface area contributed by atoms with Crippen molar-refractivity contribution in [2.45, 2.75) is 58.2 Å². The lowest BCUT2D eigenvalue weighted by Gasteiger charge is -2.22. The molecule has 0 radical (unpaired) electrons. The summed E-state index contributed by atoms with van der Waals surface area (Å²) in [7, 11) is 0. The number of benzene rings is 1. The average Bonchev–Trinajstić information content (AvgIpc) is 3.67. The third-order valence-electron chi connectivity index (χ3n) is 6.31. The standard InChI is InChI=1S/C27H31F2N3O6/c1-3-36-26(35)21-6-4-5-20(31-21)13-30-25(34)22-11-19(14-32(22)16(2)33)18-9-10-23(38-27(28)29)24(12-18)37-15-17-7-8-17/h4-6,9-10,12,17,19,22,27H,3,7-8,11,13-15H2,1-2H3,(H,30,34)/t19?,22-/m1/s1/i15D2. The number of hydrogen-bond donors (Lipinski definition) is 1. The highest BCUT2D eigenvalue weighted by Crippen LogP contribution is 2.39. The van der Waals surface area contributed by atoms with E-state index >= 15 is 0 Å². The van der Waals surface area contributed by atoms with Gasteiger partial charge in [-0.1, -0.05) is 12.1 Å². The van der Waals surface area contributed by atoms with Crippen LogP contribution in [0.5, 0.6) is 11.5 Å². The number of nitrogens with one attached hydrogen (secondary N) is 1. The minimum atomic E-state index is -3.12. The summed E-state index contributed by atoms with van der Waals surface area (Å²) >= 11 is 0. The quantitative estimate of drug-likeness (QED) is 0.439. The Hall–Kier alpha value is -3.76. The maximum Gasteiger partial charge on any atom is 0.387 e. The molecule has 9 nitrogen and oxygen atoms in total. The molecule has 1 saturated carbocycles. The molecule has 1 aromatic carbocycles. The molecule has 0 bridgehead atoms. The van der Waals surface area contributed by atoms with E-state index in [1.807, 2.05) is 0 Å². The van der Waals surface area contributed by atoms with Gasteiger partial charge in [-0.05, 0) is 61.9 Å². The predicted molar refractivity (Wildman–Crippen MR) is 132 cm³/mol. The fourth-order valence-electron chi connectivity index (χ4n) is 4.27. The second-order valence-corrected chi connectivity index (χ2v) is 9.15. The van der Waals surface area contributed by atoms with Gasteiger partial charge >= 0.3 is 12.6 Å². The Morgan fingerprint density at radius 1 is 1.21 bits per heavy atom. The number of rotatable bonds is 11. The molecule has 38 heavy (non-hydrogen) atoms. The molecule has 1 N–H and O–H groups in total. The summed E-state index contributed by atoms with van der Waals surface area (Å²) < 4.78 is 57.3. The molecule has 2 amide bonds. The Morgan fingerprint density at radius 3 is 2.68 bits per heavy atom. The van der Waals surface area contributed by atoms with E-state index in [-0.39, 0.29) is 61.1 Å². The number of carbonyl (C=O) groups excluding carboxylic acids is 3. The van der Waals surface area contributed by atoms with Crippen molar-refractivity contribution in [2.24, 2.45) is 5.92 Å². The number of alkyl halides is 2. The average molecular weight is 534 g/mol. The summed E-state index contributed by atoms with van der Waals surface area (Å²) in [5.41, 5.74) is 1.14. The summed E-state index contributed by atoms with van der Waals surface area (Å²) in [4.78, 5) is 43.1. The van der Waals surface area contributed by atoms with Crippen molar-refractivity contribution < 1.29 is 40.1 Å². The highest BCUT2D eigenvalue weighted by molar-refractivity contribution is 5.88. The van der Waals surface area contributed by atoms with Gasteiger partial charge in [-0.3, -0.25) is 9.59 Å². The van der Waals surface area contributed by atoms with Gasteiger partial charge in [-0.2, -0.15) is 8.78 Å². The maximum absolute atomic E-state index is 13.1. The first-order chi connectivity index (χ1) is 19.0. The molecule has 2 fully saturated rings. The molecule has 2 aromatic rings. The Kier molecular flexibility index (Phi) is 7.88. The van der Waals surface area contributed by atoms with Crippen LogP contribution in [0.1, 0.15) is 63.5 Å². The molecule has 1 aliphatic carbocycles. The van der Waals surface area contributed by atoms with E-state index in [0.29, 0.717) is 24.1 Å². The van der Waals surface area contributed by atoms with Crippen LogP contribution in [0.3, 0.4) is 0 Å². The van der Waals surface area contributed by atoms with Gasteiger partial charge in [-0.25, -0.2) is 9.78 Å². The highest BCUT2D eigenvalue weighted by Gasteiger charge is 2.39. The second-order valence-electron chi connectivity index (χ2n) is 9.15. The zero-order valence-corrected chi connectivity index (χ0v) is 21.1. The van der Waals surface area contributed by atoms with Crippen LogP contribution in [0, 0.1) is 5.92 Å². The van der Waals surface area contributed by atoms with Gasteiger partial charge in [0.05, 0.1) is 28.1 Å². The lowest BCUT2D eigenvalue weighted by molar-refractivity contribution is -0.136. The van der Waals surface area contributed by atoms with Gasteiger partial charge in [0, 0.05) is 19.4 Å². The van der Waals surface area contributed by atoms with Crippen molar-refractivity contribution in [3.63, 3.8) is 0 Å². The Labute approximate surface area is 222 Å². The predicted octanol–water partition coefficient (Wildman–Crippen LogP) is 3.67. The van der Waals surface area contributed by atoms with Crippen molar-refractivity contribution in [1.29, 1.82) is 0 Å². The van der Waals surface area contributed by atoms with E-state index in [1.54, 1.807) is 25.1 Å². The number of hydrogen-bond acceptors (Lipinski definition) is 7. The zero-order chi connectivity index (χ0) is 29.0. The van der Waals surface area contributed by atoms with Crippen LogP contribution >= 0.6 is 0 Å². The van der Waals surface area contributed by atoms with Crippen LogP contribution in [0.15, 0.2) is 36.4 Å². The van der Waals surface area contributed by atoms with E-state index in [0.717, 1.165) is 0 Å². The molecule has 0 spiro atoms. The zero-order valence-electron chi connectivity index (χ0n) is 23.1. The van der Waals surface area contributed by atoms with Crippen molar-refractivity contribution in [1.82, 2.24) is 15.2 Å². The van der Waals surface area contributed by atoms with Crippen molar-refractivity contribution >= 4 is 17.8 Å². The second kappa shape index (κ2) is 12.2. The lowest BCUT2D eigenvalue weighted by atomic mass is 9.95. The number of aromatic nitrogens is 1. The Morgan fingerprint density at radius 2 is 2.00 bits per heavy atom. The van der Waals surface area contributed by atoms with Crippen LogP contribution in [-0.4, -0.2) is 60.0 Å². The van der Waals surface area contributed by atoms with Crippen LogP contribution in [0.4, 0.5) is 8.78 Å². The molecule has 2 atom stereocenters. The van der Waals surface area contributed by atoms with E-state index in [2.05, 4.69) is 15.0 Å². The summed E-state index contributed by atoms with van der Waals surface area (Å²) in [5.74, 6) is -2.45. The largest absolute Gasteiger partial charge is 0.489 e. The fourth-order valence-corrected chi connectivity index (χ4v) is 4.27. The van der Waals surface area contributed by atoms with Crippen molar-refractivity contribution in [3.05, 3.63) is 53.3 Å². The molecular weight excluding hydrogens is 500 g/mol. The molecule has 1 saturated heterocycles. The molecule has 1 unspecified atom stereocenters. The van der Waals surface area contributed by atoms with Gasteiger partial charge in [-0.15, -0.1) is 0 Å². The monoisotopic (exact) mass is 533 g/mol. The smallest absolute Gasteiger partial charge is 0.387 e. The Balaban J connectivity index is 1.49. The van der Waals surface area contributed by atoms with Crippen molar-refractivity contribution in [2.75, 3.05) is 19.7 Å². The molecule has 2 heterocycles. The summed E-state index contributed by atoms with van der Waals surface area (Å²) in [6.45, 7) is -1.73. The van der Waals surface area contributed by atoms with Gasteiger partial charge in [0.2, 0.25) is 11.8 Å². The third-order valence-corrected chi connectivity index (χ3v) is 6.31. The number of carbonyl (C=O) groups is 3. The van der Waals surface area contributed by atoms with E-state index in [1.165, 1.54) is 30.0 Å². The topological polar surface area (TPSA) is 107 Å². The normalized spacial score (nSPS) is 20.0. The number of amides is 2.